The van der Waals surface area contributed by atoms with E-state index < -0.39 is 11.7 Å². The molecular formula is C14H12BrF3N2. The van der Waals surface area contributed by atoms with Crippen molar-refractivity contribution in [2.75, 3.05) is 5.43 Å². The zero-order valence-corrected chi connectivity index (χ0v) is 11.9. The van der Waals surface area contributed by atoms with Gasteiger partial charge >= 0.3 is 6.18 Å². The van der Waals surface area contributed by atoms with Crippen LogP contribution in [0.4, 0.5) is 18.9 Å². The van der Waals surface area contributed by atoms with Crippen LogP contribution < -0.4 is 10.9 Å². The molecule has 2 nitrogen and oxygen atoms in total. The second-order valence-corrected chi connectivity index (χ2v) is 4.91. The van der Waals surface area contributed by atoms with E-state index >= 15 is 0 Å². The standard InChI is InChI=1S/C14H12BrF3N2/c15-13-10(5-4-8-12(13)14(16,17)18)9-19-20-11-6-2-1-3-7-11/h1-8,19-20H,9H2. The number of benzene rings is 2. The largest absolute Gasteiger partial charge is 0.417 e. The van der Waals surface area contributed by atoms with Gasteiger partial charge < -0.3 is 5.43 Å². The van der Waals surface area contributed by atoms with Crippen molar-refractivity contribution in [3.8, 4) is 0 Å². The molecule has 0 aliphatic heterocycles. The normalized spacial score (nSPS) is 11.4. The van der Waals surface area contributed by atoms with Crippen molar-refractivity contribution in [1.82, 2.24) is 5.43 Å². The summed E-state index contributed by atoms with van der Waals surface area (Å²) in [5, 5.41) is 0. The van der Waals surface area contributed by atoms with Crippen LogP contribution in [0, 0.1) is 0 Å². The minimum absolute atomic E-state index is 0.0647. The first-order valence-corrected chi connectivity index (χ1v) is 6.66. The van der Waals surface area contributed by atoms with Gasteiger partial charge in [-0.1, -0.05) is 30.3 Å². The Morgan fingerprint density at radius 1 is 0.950 bits per heavy atom. The summed E-state index contributed by atoms with van der Waals surface area (Å²) in [7, 11) is 0. The highest BCUT2D eigenvalue weighted by atomic mass is 79.9. The van der Waals surface area contributed by atoms with Crippen molar-refractivity contribution >= 4 is 21.6 Å². The molecule has 0 spiro atoms. The van der Waals surface area contributed by atoms with Crippen molar-refractivity contribution in [3.63, 3.8) is 0 Å². The van der Waals surface area contributed by atoms with Gasteiger partial charge in [0.05, 0.1) is 5.56 Å². The van der Waals surface area contributed by atoms with Crippen LogP contribution in [0.25, 0.3) is 0 Å². The summed E-state index contributed by atoms with van der Waals surface area (Å²) in [5.41, 5.74) is 6.52. The fourth-order valence-corrected chi connectivity index (χ4v) is 2.33. The van der Waals surface area contributed by atoms with Gasteiger partial charge in [0.25, 0.3) is 0 Å². The Morgan fingerprint density at radius 3 is 2.30 bits per heavy atom. The molecule has 0 unspecified atom stereocenters. The second-order valence-electron chi connectivity index (χ2n) is 4.12. The van der Waals surface area contributed by atoms with Crippen LogP contribution in [0.3, 0.4) is 0 Å². The van der Waals surface area contributed by atoms with Crippen LogP contribution in [0.5, 0.6) is 0 Å². The maximum atomic E-state index is 12.7. The summed E-state index contributed by atoms with van der Waals surface area (Å²) in [6.45, 7) is 0.263. The molecule has 0 amide bonds. The van der Waals surface area contributed by atoms with E-state index in [-0.39, 0.29) is 11.0 Å². The van der Waals surface area contributed by atoms with Gasteiger partial charge in [-0.25, -0.2) is 5.43 Å². The third-order valence-electron chi connectivity index (χ3n) is 2.67. The number of para-hydroxylation sites is 1. The molecule has 106 valence electrons. The topological polar surface area (TPSA) is 24.1 Å². The van der Waals surface area contributed by atoms with E-state index in [0.29, 0.717) is 5.56 Å². The van der Waals surface area contributed by atoms with Gasteiger partial charge in [0, 0.05) is 16.7 Å². The Balaban J connectivity index is 2.04. The Labute approximate surface area is 123 Å². The van der Waals surface area contributed by atoms with E-state index in [4.69, 9.17) is 0 Å². The molecule has 6 heteroatoms. The SMILES string of the molecule is FC(F)(F)c1cccc(CNNc2ccccc2)c1Br. The first kappa shape index (κ1) is 14.9. The Hall–Kier alpha value is -1.53. The van der Waals surface area contributed by atoms with Crippen LogP contribution in [0.1, 0.15) is 11.1 Å². The van der Waals surface area contributed by atoms with Crippen LogP contribution in [0.2, 0.25) is 0 Å². The lowest BCUT2D eigenvalue weighted by Gasteiger charge is -2.14. The van der Waals surface area contributed by atoms with E-state index in [1.165, 1.54) is 6.07 Å². The van der Waals surface area contributed by atoms with Crippen molar-refractivity contribution in [3.05, 3.63) is 64.1 Å². The molecule has 0 bridgehead atoms. The van der Waals surface area contributed by atoms with E-state index in [2.05, 4.69) is 26.8 Å². The number of halogens is 4. The van der Waals surface area contributed by atoms with Crippen molar-refractivity contribution < 1.29 is 13.2 Å². The Morgan fingerprint density at radius 2 is 1.65 bits per heavy atom. The lowest BCUT2D eigenvalue weighted by molar-refractivity contribution is -0.138. The molecule has 0 aliphatic rings. The first-order valence-electron chi connectivity index (χ1n) is 5.87. The predicted octanol–water partition coefficient (Wildman–Crippen LogP) is 4.58. The van der Waals surface area contributed by atoms with Crippen molar-refractivity contribution in [2.45, 2.75) is 12.7 Å². The fraction of sp³-hybridized carbons (Fsp3) is 0.143. The van der Waals surface area contributed by atoms with Gasteiger partial charge in [0.2, 0.25) is 0 Å². The number of anilines is 1. The third-order valence-corrected chi connectivity index (χ3v) is 3.61. The summed E-state index contributed by atoms with van der Waals surface area (Å²) in [6.07, 6.45) is -4.36. The Kier molecular flexibility index (Phi) is 4.67. The molecule has 0 aromatic heterocycles. The van der Waals surface area contributed by atoms with Crippen molar-refractivity contribution in [2.24, 2.45) is 0 Å². The molecule has 2 N–H and O–H groups in total. The monoisotopic (exact) mass is 344 g/mol. The molecule has 0 fully saturated rings. The molecule has 0 atom stereocenters. The molecule has 0 saturated heterocycles. The fourth-order valence-electron chi connectivity index (χ4n) is 1.70. The number of rotatable bonds is 4. The number of hydrogen-bond donors (Lipinski definition) is 2. The molecule has 0 radical (unpaired) electrons. The summed E-state index contributed by atoms with van der Waals surface area (Å²) < 4.78 is 38.3. The average Bonchev–Trinajstić information content (AvgIpc) is 2.40. The summed E-state index contributed by atoms with van der Waals surface area (Å²) in [6, 6.07) is 13.4. The van der Waals surface area contributed by atoms with E-state index in [1.54, 1.807) is 6.07 Å². The minimum atomic E-state index is -4.36. The first-order chi connectivity index (χ1) is 9.48. The van der Waals surface area contributed by atoms with Crippen molar-refractivity contribution in [1.29, 1.82) is 0 Å². The van der Waals surface area contributed by atoms with Gasteiger partial charge in [0.15, 0.2) is 0 Å². The predicted molar refractivity (Wildman–Crippen MR) is 76.0 cm³/mol. The molecular weight excluding hydrogens is 333 g/mol. The van der Waals surface area contributed by atoms with Crippen LogP contribution in [0.15, 0.2) is 53.0 Å². The molecule has 2 rings (SSSR count). The quantitative estimate of drug-likeness (QED) is 0.793. The number of alkyl halides is 3. The van der Waals surface area contributed by atoms with E-state index in [9.17, 15) is 13.2 Å². The minimum Gasteiger partial charge on any atom is -0.321 e. The maximum Gasteiger partial charge on any atom is 0.417 e. The molecule has 2 aromatic rings. The lowest BCUT2D eigenvalue weighted by atomic mass is 10.1. The number of nitrogens with one attached hydrogen (secondary N) is 2. The average molecular weight is 345 g/mol. The van der Waals surface area contributed by atoms with Crippen LogP contribution in [-0.2, 0) is 12.7 Å². The highest BCUT2D eigenvalue weighted by molar-refractivity contribution is 9.10. The molecule has 2 aromatic carbocycles. The Bertz CT molecular complexity index is 570. The van der Waals surface area contributed by atoms with E-state index in [0.717, 1.165) is 11.8 Å². The molecule has 0 aliphatic carbocycles. The zero-order valence-electron chi connectivity index (χ0n) is 10.3. The molecule has 20 heavy (non-hydrogen) atoms. The molecule has 0 saturated carbocycles. The smallest absolute Gasteiger partial charge is 0.321 e. The second kappa shape index (κ2) is 6.28. The summed E-state index contributed by atoms with van der Waals surface area (Å²) >= 11 is 3.02. The molecule has 0 heterocycles. The third kappa shape index (κ3) is 3.74. The van der Waals surface area contributed by atoms with Crippen LogP contribution >= 0.6 is 15.9 Å². The van der Waals surface area contributed by atoms with Gasteiger partial charge in [-0.3, -0.25) is 0 Å². The van der Waals surface area contributed by atoms with Gasteiger partial charge in [-0.05, 0) is 39.7 Å². The van der Waals surface area contributed by atoms with Gasteiger partial charge in [-0.15, -0.1) is 0 Å². The highest BCUT2D eigenvalue weighted by Crippen LogP contribution is 2.36. The highest BCUT2D eigenvalue weighted by Gasteiger charge is 2.33. The maximum absolute atomic E-state index is 12.7. The summed E-state index contributed by atoms with van der Waals surface area (Å²) in [4.78, 5) is 0. The zero-order chi connectivity index (χ0) is 14.6. The lowest BCUT2D eigenvalue weighted by Crippen LogP contribution is -2.21. The van der Waals surface area contributed by atoms with E-state index in [1.807, 2.05) is 30.3 Å². The van der Waals surface area contributed by atoms with Gasteiger partial charge in [-0.2, -0.15) is 13.2 Å². The van der Waals surface area contributed by atoms with Gasteiger partial charge in [0.1, 0.15) is 0 Å². The number of hydrogen-bond acceptors (Lipinski definition) is 2. The number of hydrazine groups is 1. The summed E-state index contributed by atoms with van der Waals surface area (Å²) in [5.74, 6) is 0. The van der Waals surface area contributed by atoms with Crippen LogP contribution in [-0.4, -0.2) is 0 Å².